The zero-order valence-electron chi connectivity index (χ0n) is 16.0. The van der Waals surface area contributed by atoms with Gasteiger partial charge in [-0.1, -0.05) is 72.5 Å². The van der Waals surface area contributed by atoms with Crippen molar-refractivity contribution in [3.05, 3.63) is 99.6 Å². The summed E-state index contributed by atoms with van der Waals surface area (Å²) in [6.45, 7) is 0.250. The van der Waals surface area contributed by atoms with Crippen molar-refractivity contribution < 1.29 is 14.5 Å². The van der Waals surface area contributed by atoms with Crippen LogP contribution in [0.4, 0.5) is 10.5 Å². The third-order valence-corrected chi connectivity index (χ3v) is 4.99. The molecular weight excluding hydrogens is 380 g/mol. The molecule has 0 aliphatic heterocycles. The molecule has 3 aromatic rings. The molecule has 6 nitrogen and oxygen atoms in total. The van der Waals surface area contributed by atoms with Gasteiger partial charge in [-0.15, -0.1) is 0 Å². The van der Waals surface area contributed by atoms with Gasteiger partial charge in [0, 0.05) is 12.0 Å². The van der Waals surface area contributed by atoms with Crippen molar-refractivity contribution in [2.24, 2.45) is 0 Å². The van der Waals surface area contributed by atoms with Gasteiger partial charge in [-0.2, -0.15) is 0 Å². The highest BCUT2D eigenvalue weighted by molar-refractivity contribution is 5.79. The van der Waals surface area contributed by atoms with E-state index in [2.05, 4.69) is 41.4 Å². The van der Waals surface area contributed by atoms with E-state index in [1.807, 2.05) is 24.3 Å². The van der Waals surface area contributed by atoms with Crippen molar-refractivity contribution in [2.75, 3.05) is 13.2 Å². The van der Waals surface area contributed by atoms with Gasteiger partial charge in [-0.3, -0.25) is 10.1 Å². The van der Waals surface area contributed by atoms with E-state index in [1.54, 1.807) is 18.2 Å². The topological polar surface area (TPSA) is 81.5 Å². The van der Waals surface area contributed by atoms with Crippen LogP contribution >= 0.6 is 0 Å². The maximum atomic E-state index is 12.1. The van der Waals surface area contributed by atoms with Crippen molar-refractivity contribution in [3.8, 4) is 23.0 Å². The predicted molar refractivity (Wildman–Crippen MR) is 113 cm³/mol. The average Bonchev–Trinajstić information content (AvgIpc) is 3.09. The van der Waals surface area contributed by atoms with Crippen molar-refractivity contribution in [2.45, 2.75) is 5.92 Å². The van der Waals surface area contributed by atoms with Gasteiger partial charge < -0.3 is 10.1 Å². The first-order valence-electron chi connectivity index (χ1n) is 9.46. The highest BCUT2D eigenvalue weighted by atomic mass is 16.6. The van der Waals surface area contributed by atoms with Crippen LogP contribution in [-0.4, -0.2) is 24.2 Å². The second kappa shape index (κ2) is 8.50. The lowest BCUT2D eigenvalue weighted by Crippen LogP contribution is -2.26. The number of rotatable bonds is 4. The fourth-order valence-corrected chi connectivity index (χ4v) is 3.64. The first kappa shape index (κ1) is 19.2. The van der Waals surface area contributed by atoms with Gasteiger partial charge >= 0.3 is 6.09 Å². The Labute approximate surface area is 173 Å². The van der Waals surface area contributed by atoms with Crippen LogP contribution in [0.1, 0.15) is 22.6 Å². The molecule has 0 saturated carbocycles. The van der Waals surface area contributed by atoms with Gasteiger partial charge in [0.1, 0.15) is 12.2 Å². The third kappa shape index (κ3) is 3.87. The minimum Gasteiger partial charge on any atom is -0.449 e. The number of alkyl carbamates (subject to hydrolysis) is 1. The Morgan fingerprint density at radius 2 is 1.57 bits per heavy atom. The molecule has 6 heteroatoms. The second-order valence-corrected chi connectivity index (χ2v) is 6.76. The second-order valence-electron chi connectivity index (χ2n) is 6.76. The lowest BCUT2D eigenvalue weighted by Gasteiger charge is -2.14. The maximum Gasteiger partial charge on any atom is 0.407 e. The number of ether oxygens (including phenoxy) is 1. The number of nitrogens with zero attached hydrogens (tertiary/aromatic N) is 1. The third-order valence-electron chi connectivity index (χ3n) is 4.99. The molecule has 0 spiro atoms. The van der Waals surface area contributed by atoms with Crippen LogP contribution in [0.2, 0.25) is 0 Å². The molecule has 1 N–H and O–H groups in total. The fraction of sp³-hybridized carbons (Fsp3) is 0.125. The summed E-state index contributed by atoms with van der Waals surface area (Å²) in [5.74, 6) is 5.42. The predicted octanol–water partition coefficient (Wildman–Crippen LogP) is 4.49. The highest BCUT2D eigenvalue weighted by Crippen LogP contribution is 2.44. The van der Waals surface area contributed by atoms with Crippen LogP contribution in [-0.2, 0) is 4.74 Å². The number of nitrogens with one attached hydrogen (secondary N) is 1. The number of carbonyl (C=O) groups is 1. The van der Waals surface area contributed by atoms with Crippen molar-refractivity contribution in [3.63, 3.8) is 0 Å². The normalized spacial score (nSPS) is 11.6. The number of para-hydroxylation sites is 1. The Morgan fingerprint density at radius 1 is 0.967 bits per heavy atom. The van der Waals surface area contributed by atoms with E-state index < -0.39 is 11.0 Å². The molecule has 0 heterocycles. The van der Waals surface area contributed by atoms with Gasteiger partial charge in [0.05, 0.1) is 11.5 Å². The Hall–Kier alpha value is -4.11. The largest absolute Gasteiger partial charge is 0.449 e. The van der Waals surface area contributed by atoms with E-state index in [-0.39, 0.29) is 24.8 Å². The summed E-state index contributed by atoms with van der Waals surface area (Å²) >= 11 is 0. The number of nitro groups is 1. The molecule has 0 atom stereocenters. The first-order chi connectivity index (χ1) is 14.6. The molecule has 0 unspecified atom stereocenters. The molecule has 148 valence electrons. The molecule has 4 rings (SSSR count). The smallest absolute Gasteiger partial charge is 0.407 e. The number of amides is 1. The molecular formula is C24H18N2O4. The molecule has 1 aliphatic carbocycles. The van der Waals surface area contributed by atoms with Crippen LogP contribution in [0.3, 0.4) is 0 Å². The van der Waals surface area contributed by atoms with E-state index in [1.165, 1.54) is 6.07 Å². The van der Waals surface area contributed by atoms with Crippen molar-refractivity contribution in [1.29, 1.82) is 0 Å². The first-order valence-corrected chi connectivity index (χ1v) is 9.46. The van der Waals surface area contributed by atoms with Gasteiger partial charge in [0.25, 0.3) is 5.69 Å². The Kier molecular flexibility index (Phi) is 5.44. The van der Waals surface area contributed by atoms with Crippen molar-refractivity contribution >= 4 is 11.8 Å². The zero-order valence-corrected chi connectivity index (χ0v) is 16.0. The number of carbonyl (C=O) groups excluding carboxylic acids is 1. The van der Waals surface area contributed by atoms with Gasteiger partial charge in [0.15, 0.2) is 0 Å². The Bertz CT molecular complexity index is 1130. The minimum absolute atomic E-state index is 0.0128. The minimum atomic E-state index is -0.575. The summed E-state index contributed by atoms with van der Waals surface area (Å²) in [7, 11) is 0. The van der Waals surface area contributed by atoms with E-state index in [0.717, 1.165) is 22.3 Å². The molecule has 0 aromatic heterocycles. The highest BCUT2D eigenvalue weighted by Gasteiger charge is 2.28. The van der Waals surface area contributed by atoms with Crippen LogP contribution in [0.5, 0.6) is 0 Å². The van der Waals surface area contributed by atoms with E-state index >= 15 is 0 Å². The summed E-state index contributed by atoms with van der Waals surface area (Å²) in [6, 6.07) is 22.4. The SMILES string of the molecule is O=C(NCC#Cc1ccccc1[N+](=O)[O-])OCC1c2ccccc2-c2ccccc21. The number of hydrogen-bond acceptors (Lipinski definition) is 4. The summed E-state index contributed by atoms with van der Waals surface area (Å²) in [5.41, 5.74) is 4.85. The maximum absolute atomic E-state index is 12.1. The molecule has 1 amide bonds. The molecule has 3 aromatic carbocycles. The van der Waals surface area contributed by atoms with E-state index in [9.17, 15) is 14.9 Å². The average molecular weight is 398 g/mol. The molecule has 0 saturated heterocycles. The van der Waals surface area contributed by atoms with E-state index in [0.29, 0.717) is 5.56 Å². The van der Waals surface area contributed by atoms with Gasteiger partial charge in [-0.05, 0) is 28.3 Å². The summed E-state index contributed by atoms with van der Waals surface area (Å²) in [5, 5.41) is 13.6. The molecule has 0 fully saturated rings. The summed E-state index contributed by atoms with van der Waals surface area (Å²) < 4.78 is 5.43. The van der Waals surface area contributed by atoms with Crippen molar-refractivity contribution in [1.82, 2.24) is 5.32 Å². The van der Waals surface area contributed by atoms with Crippen LogP contribution < -0.4 is 5.32 Å². The summed E-state index contributed by atoms with van der Waals surface area (Å²) in [6.07, 6.45) is -0.575. The lowest BCUT2D eigenvalue weighted by atomic mass is 9.98. The molecule has 30 heavy (non-hydrogen) atoms. The van der Waals surface area contributed by atoms with E-state index in [4.69, 9.17) is 4.74 Å². The van der Waals surface area contributed by atoms with Crippen LogP contribution in [0.15, 0.2) is 72.8 Å². The van der Waals surface area contributed by atoms with Crippen LogP contribution in [0, 0.1) is 22.0 Å². The Morgan fingerprint density at radius 3 is 2.23 bits per heavy atom. The standard InChI is InChI=1S/C24H18N2O4/c27-24(25-15-7-9-17-8-1-6-14-23(17)26(28)29)30-16-22-20-12-4-2-10-18(20)19-11-3-5-13-21(19)22/h1-6,8,10-14,22H,15-16H2,(H,25,27). The molecule has 0 bridgehead atoms. The Balaban J connectivity index is 1.36. The van der Waals surface area contributed by atoms with Crippen LogP contribution in [0.25, 0.3) is 11.1 Å². The lowest BCUT2D eigenvalue weighted by molar-refractivity contribution is -0.385. The fourth-order valence-electron chi connectivity index (χ4n) is 3.64. The van der Waals surface area contributed by atoms with Gasteiger partial charge in [-0.25, -0.2) is 4.79 Å². The number of nitro benzene ring substituents is 1. The number of fused-ring (bicyclic) bond motifs is 3. The summed E-state index contributed by atoms with van der Waals surface area (Å²) in [4.78, 5) is 22.6. The number of benzene rings is 3. The quantitative estimate of drug-likeness (QED) is 0.399. The molecule has 1 aliphatic rings. The molecule has 0 radical (unpaired) electrons. The van der Waals surface area contributed by atoms with Gasteiger partial charge in [0.2, 0.25) is 0 Å². The zero-order chi connectivity index (χ0) is 20.9. The monoisotopic (exact) mass is 398 g/mol. The number of hydrogen-bond donors (Lipinski definition) is 1.